The number of hydrazone groups is 1. The average Bonchev–Trinajstić information content (AvgIpc) is 2.94. The lowest BCUT2D eigenvalue weighted by Gasteiger charge is -2.04. The van der Waals surface area contributed by atoms with Gasteiger partial charge in [0.15, 0.2) is 0 Å². The van der Waals surface area contributed by atoms with Crippen molar-refractivity contribution in [2.24, 2.45) is 5.10 Å². The second-order valence-corrected chi connectivity index (χ2v) is 5.61. The van der Waals surface area contributed by atoms with Crippen molar-refractivity contribution < 1.29 is 4.79 Å². The molecule has 0 fully saturated rings. The van der Waals surface area contributed by atoms with Crippen molar-refractivity contribution in [3.05, 3.63) is 89.5 Å². The van der Waals surface area contributed by atoms with Gasteiger partial charge in [-0.15, -0.1) is 0 Å². The Balaban J connectivity index is 1.70. The molecule has 0 bridgehead atoms. The molecule has 0 saturated heterocycles. The zero-order valence-corrected chi connectivity index (χ0v) is 12.9. The fraction of sp³-hybridized carbons (Fsp3) is 0. The minimum absolute atomic E-state index is 0.260. The molecule has 0 saturated carbocycles. The molecule has 0 radical (unpaired) electrons. The number of hydrogen-bond donors (Lipinski definition) is 2. The molecule has 3 aromatic carbocycles. The second kappa shape index (κ2) is 5.66. The summed E-state index contributed by atoms with van der Waals surface area (Å²) in [5.74, 6) is -0.260. The molecule has 1 aliphatic carbocycles. The van der Waals surface area contributed by atoms with E-state index in [1.165, 1.54) is 0 Å². The van der Waals surface area contributed by atoms with Crippen molar-refractivity contribution in [3.63, 3.8) is 0 Å². The van der Waals surface area contributed by atoms with Gasteiger partial charge in [-0.3, -0.25) is 4.79 Å². The van der Waals surface area contributed by atoms with E-state index in [0.29, 0.717) is 11.3 Å². The van der Waals surface area contributed by atoms with E-state index >= 15 is 0 Å². The summed E-state index contributed by atoms with van der Waals surface area (Å²) in [4.78, 5) is 12.3. The first kappa shape index (κ1) is 14.2. The van der Waals surface area contributed by atoms with E-state index < -0.39 is 0 Å². The van der Waals surface area contributed by atoms with Gasteiger partial charge in [-0.2, -0.15) is 5.10 Å². The zero-order valence-electron chi connectivity index (χ0n) is 12.9. The summed E-state index contributed by atoms with van der Waals surface area (Å²) >= 11 is 0. The van der Waals surface area contributed by atoms with Crippen molar-refractivity contribution in [2.75, 3.05) is 5.73 Å². The number of nitrogens with one attached hydrogen (secondary N) is 1. The summed E-state index contributed by atoms with van der Waals surface area (Å²) < 4.78 is 0. The third-order valence-corrected chi connectivity index (χ3v) is 4.10. The topological polar surface area (TPSA) is 67.5 Å². The first-order valence-electron chi connectivity index (χ1n) is 7.67. The summed E-state index contributed by atoms with van der Waals surface area (Å²) in [7, 11) is 0. The Kier molecular flexibility index (Phi) is 3.35. The molecule has 0 unspecified atom stereocenters. The highest BCUT2D eigenvalue weighted by molar-refractivity contribution is 6.24. The Morgan fingerprint density at radius 3 is 1.79 bits per heavy atom. The van der Waals surface area contributed by atoms with Crippen LogP contribution in [0.25, 0.3) is 11.1 Å². The van der Waals surface area contributed by atoms with Gasteiger partial charge in [-0.1, -0.05) is 48.5 Å². The maximum absolute atomic E-state index is 12.3. The number of nitrogens with zero attached hydrogens (tertiary/aromatic N) is 1. The molecule has 3 aromatic rings. The predicted octanol–water partition coefficient (Wildman–Crippen LogP) is 3.43. The number of amides is 1. The number of rotatable bonds is 2. The van der Waals surface area contributed by atoms with Crippen LogP contribution in [-0.4, -0.2) is 11.6 Å². The molecular weight excluding hydrogens is 298 g/mol. The number of carbonyl (C=O) groups is 1. The molecule has 1 aliphatic rings. The van der Waals surface area contributed by atoms with Gasteiger partial charge in [-0.25, -0.2) is 5.43 Å². The Morgan fingerprint density at radius 2 is 1.25 bits per heavy atom. The van der Waals surface area contributed by atoms with Crippen LogP contribution in [-0.2, 0) is 0 Å². The average molecular weight is 313 g/mol. The maximum Gasteiger partial charge on any atom is 0.271 e. The van der Waals surface area contributed by atoms with E-state index in [9.17, 15) is 4.79 Å². The van der Waals surface area contributed by atoms with Crippen LogP contribution in [0.1, 0.15) is 21.5 Å². The van der Waals surface area contributed by atoms with Crippen LogP contribution >= 0.6 is 0 Å². The Labute approximate surface area is 139 Å². The second-order valence-electron chi connectivity index (χ2n) is 5.61. The summed E-state index contributed by atoms with van der Waals surface area (Å²) in [6, 6.07) is 22.9. The van der Waals surface area contributed by atoms with E-state index in [2.05, 4.69) is 22.7 Å². The molecule has 4 heteroatoms. The van der Waals surface area contributed by atoms with Gasteiger partial charge in [0.1, 0.15) is 0 Å². The normalized spacial score (nSPS) is 11.6. The molecule has 1 amide bonds. The highest BCUT2D eigenvalue weighted by atomic mass is 16.2. The van der Waals surface area contributed by atoms with E-state index in [4.69, 9.17) is 5.73 Å². The van der Waals surface area contributed by atoms with Crippen LogP contribution in [0.5, 0.6) is 0 Å². The lowest BCUT2D eigenvalue weighted by molar-refractivity contribution is 0.0955. The van der Waals surface area contributed by atoms with Gasteiger partial charge in [0.2, 0.25) is 0 Å². The van der Waals surface area contributed by atoms with E-state index in [0.717, 1.165) is 28.0 Å². The summed E-state index contributed by atoms with van der Waals surface area (Å²) in [6.45, 7) is 0. The summed E-state index contributed by atoms with van der Waals surface area (Å²) in [5, 5.41) is 4.39. The van der Waals surface area contributed by atoms with Gasteiger partial charge >= 0.3 is 0 Å². The molecule has 0 aliphatic heterocycles. The lowest BCUT2D eigenvalue weighted by Crippen LogP contribution is -2.19. The van der Waals surface area contributed by atoms with Crippen molar-refractivity contribution >= 4 is 17.3 Å². The minimum atomic E-state index is -0.260. The predicted molar refractivity (Wildman–Crippen MR) is 95.8 cm³/mol. The maximum atomic E-state index is 12.3. The molecule has 4 rings (SSSR count). The number of fused-ring (bicyclic) bond motifs is 3. The largest absolute Gasteiger partial charge is 0.399 e. The van der Waals surface area contributed by atoms with Crippen molar-refractivity contribution in [3.8, 4) is 11.1 Å². The van der Waals surface area contributed by atoms with Crippen LogP contribution in [0, 0.1) is 0 Å². The van der Waals surface area contributed by atoms with E-state index in [-0.39, 0.29) is 5.91 Å². The third-order valence-electron chi connectivity index (χ3n) is 4.10. The summed E-state index contributed by atoms with van der Waals surface area (Å²) in [5.41, 5.74) is 14.5. The number of nitrogens with two attached hydrogens (primary N) is 1. The molecule has 0 aromatic heterocycles. The van der Waals surface area contributed by atoms with Crippen LogP contribution < -0.4 is 11.2 Å². The van der Waals surface area contributed by atoms with Crippen LogP contribution in [0.4, 0.5) is 5.69 Å². The molecule has 24 heavy (non-hydrogen) atoms. The van der Waals surface area contributed by atoms with Gasteiger partial charge in [0.25, 0.3) is 5.91 Å². The van der Waals surface area contributed by atoms with Crippen LogP contribution in [0.3, 0.4) is 0 Å². The molecular formula is C20H15N3O. The Morgan fingerprint density at radius 1 is 0.750 bits per heavy atom. The van der Waals surface area contributed by atoms with Crippen molar-refractivity contribution in [1.82, 2.24) is 5.43 Å². The molecule has 3 N–H and O–H groups in total. The lowest BCUT2D eigenvalue weighted by atomic mass is 10.1. The van der Waals surface area contributed by atoms with E-state index in [1.54, 1.807) is 24.3 Å². The fourth-order valence-electron chi connectivity index (χ4n) is 2.92. The first-order valence-corrected chi connectivity index (χ1v) is 7.67. The van der Waals surface area contributed by atoms with Crippen molar-refractivity contribution in [1.29, 1.82) is 0 Å². The van der Waals surface area contributed by atoms with Gasteiger partial charge in [0, 0.05) is 22.4 Å². The number of nitrogen functional groups attached to an aromatic ring is 1. The highest BCUT2D eigenvalue weighted by Gasteiger charge is 2.24. The fourth-order valence-corrected chi connectivity index (χ4v) is 2.92. The number of carbonyl (C=O) groups excluding carboxylic acids is 1. The van der Waals surface area contributed by atoms with Gasteiger partial charge in [-0.05, 0) is 35.4 Å². The smallest absolute Gasteiger partial charge is 0.271 e. The molecule has 0 heterocycles. The number of hydrogen-bond acceptors (Lipinski definition) is 3. The molecule has 116 valence electrons. The third kappa shape index (κ3) is 2.34. The SMILES string of the molecule is Nc1ccc(C(=O)NN=C2c3ccccc3-c3ccccc32)cc1. The zero-order chi connectivity index (χ0) is 16.5. The Hall–Kier alpha value is -3.40. The molecule has 0 atom stereocenters. The Bertz CT molecular complexity index is 911. The monoisotopic (exact) mass is 313 g/mol. The summed E-state index contributed by atoms with van der Waals surface area (Å²) in [6.07, 6.45) is 0. The van der Waals surface area contributed by atoms with Crippen LogP contribution in [0.2, 0.25) is 0 Å². The van der Waals surface area contributed by atoms with Gasteiger partial charge < -0.3 is 5.73 Å². The van der Waals surface area contributed by atoms with Crippen molar-refractivity contribution in [2.45, 2.75) is 0 Å². The van der Waals surface area contributed by atoms with Gasteiger partial charge in [0.05, 0.1) is 5.71 Å². The standard InChI is InChI=1S/C20H15N3O/c21-14-11-9-13(10-12-14)20(24)23-22-19-17-7-3-1-5-15(17)16-6-2-4-8-18(16)19/h1-12H,21H2,(H,23,24). The molecule has 4 nitrogen and oxygen atoms in total. The number of benzene rings is 3. The quantitative estimate of drug-likeness (QED) is 0.440. The van der Waals surface area contributed by atoms with Crippen LogP contribution in [0.15, 0.2) is 77.9 Å². The number of anilines is 1. The first-order chi connectivity index (χ1) is 11.7. The molecule has 0 spiro atoms. The van der Waals surface area contributed by atoms with E-state index in [1.807, 2.05) is 36.4 Å². The minimum Gasteiger partial charge on any atom is -0.399 e. The highest BCUT2D eigenvalue weighted by Crippen LogP contribution is 2.36.